The molecule has 0 N–H and O–H groups in total. The van der Waals surface area contributed by atoms with Crippen molar-refractivity contribution in [3.05, 3.63) is 0 Å². The summed E-state index contributed by atoms with van der Waals surface area (Å²) in [6, 6.07) is 0. The zero-order valence-corrected chi connectivity index (χ0v) is 20.1. The van der Waals surface area contributed by atoms with Crippen LogP contribution in [0.2, 0.25) is 0 Å². The minimum Gasteiger partial charge on any atom is -0.298 e. The van der Waals surface area contributed by atoms with Gasteiger partial charge in [-0.25, -0.2) is 0 Å². The number of nitrogens with zero attached hydrogens (tertiary/aromatic N) is 1. The summed E-state index contributed by atoms with van der Waals surface area (Å²) >= 11 is 0. The highest BCUT2D eigenvalue weighted by molar-refractivity contribution is 4.83. The second-order valence-electron chi connectivity index (χ2n) is 9.08. The lowest BCUT2D eigenvalue weighted by atomic mass is 9.89. The Morgan fingerprint density at radius 1 is 0.481 bits per heavy atom. The highest BCUT2D eigenvalue weighted by Gasteiger charge is 2.26. The van der Waals surface area contributed by atoms with E-state index >= 15 is 0 Å². The fourth-order valence-electron chi connectivity index (χ4n) is 4.60. The molecule has 164 valence electrons. The number of hydrogen-bond donors (Lipinski definition) is 0. The molecular formula is C26H55N. The lowest BCUT2D eigenvalue weighted by Crippen LogP contribution is -2.45. The molecule has 0 bridgehead atoms. The molecule has 0 rings (SSSR count). The molecule has 0 aliphatic carbocycles. The molecule has 0 amide bonds. The molecule has 0 radical (unpaired) electrons. The molecule has 0 saturated carbocycles. The molecule has 1 heteroatoms. The first kappa shape index (κ1) is 27.0. The van der Waals surface area contributed by atoms with E-state index in [9.17, 15) is 0 Å². The zero-order chi connectivity index (χ0) is 20.2. The third-order valence-electron chi connectivity index (χ3n) is 6.86. The fourth-order valence-corrected chi connectivity index (χ4v) is 4.60. The van der Waals surface area contributed by atoms with Crippen LogP contribution in [0.25, 0.3) is 0 Å². The van der Waals surface area contributed by atoms with Gasteiger partial charge in [-0.15, -0.1) is 0 Å². The van der Waals surface area contributed by atoms with Gasteiger partial charge in [-0.05, 0) is 32.9 Å². The molecule has 0 spiro atoms. The van der Waals surface area contributed by atoms with Gasteiger partial charge in [0.05, 0.1) is 0 Å². The van der Waals surface area contributed by atoms with Crippen molar-refractivity contribution in [1.29, 1.82) is 0 Å². The van der Waals surface area contributed by atoms with Crippen LogP contribution in [-0.4, -0.2) is 23.5 Å². The van der Waals surface area contributed by atoms with Gasteiger partial charge in [0.25, 0.3) is 0 Å². The van der Waals surface area contributed by atoms with Crippen molar-refractivity contribution < 1.29 is 0 Å². The van der Waals surface area contributed by atoms with E-state index in [1.807, 2.05) is 0 Å². The molecule has 1 unspecified atom stereocenters. The normalized spacial score (nSPS) is 14.0. The first-order valence-electron chi connectivity index (χ1n) is 12.9. The molecule has 0 aromatic heterocycles. The van der Waals surface area contributed by atoms with Crippen molar-refractivity contribution in [2.24, 2.45) is 0 Å². The first-order valence-corrected chi connectivity index (χ1v) is 12.9. The quantitative estimate of drug-likeness (QED) is 0.179. The van der Waals surface area contributed by atoms with Crippen molar-refractivity contribution in [1.82, 2.24) is 4.90 Å². The third kappa shape index (κ3) is 14.6. The molecule has 0 aliphatic rings. The van der Waals surface area contributed by atoms with Gasteiger partial charge in [0, 0.05) is 5.54 Å². The summed E-state index contributed by atoms with van der Waals surface area (Å²) in [6.07, 6.45) is 26.0. The third-order valence-corrected chi connectivity index (χ3v) is 6.86. The van der Waals surface area contributed by atoms with Crippen molar-refractivity contribution in [2.45, 2.75) is 156 Å². The zero-order valence-electron chi connectivity index (χ0n) is 20.1. The minimum atomic E-state index is 0.430. The van der Waals surface area contributed by atoms with Gasteiger partial charge in [0.1, 0.15) is 0 Å². The Balaban J connectivity index is 3.38. The van der Waals surface area contributed by atoms with Gasteiger partial charge in [0.15, 0.2) is 0 Å². The summed E-state index contributed by atoms with van der Waals surface area (Å²) in [5, 5.41) is 0. The summed E-state index contributed by atoms with van der Waals surface area (Å²) < 4.78 is 0. The van der Waals surface area contributed by atoms with Crippen molar-refractivity contribution in [2.75, 3.05) is 13.1 Å². The van der Waals surface area contributed by atoms with Crippen LogP contribution >= 0.6 is 0 Å². The lowest BCUT2D eigenvalue weighted by Gasteiger charge is -2.40. The average molecular weight is 382 g/mol. The highest BCUT2D eigenvalue weighted by atomic mass is 15.2. The van der Waals surface area contributed by atoms with Crippen molar-refractivity contribution in [3.8, 4) is 0 Å². The summed E-state index contributed by atoms with van der Waals surface area (Å²) in [6.45, 7) is 14.2. The molecule has 0 aromatic rings. The largest absolute Gasteiger partial charge is 0.298 e. The number of unbranched alkanes of at least 4 members (excludes halogenated alkanes) is 15. The maximum absolute atomic E-state index is 2.66. The summed E-state index contributed by atoms with van der Waals surface area (Å²) in [5.41, 5.74) is 0.430. The summed E-state index contributed by atoms with van der Waals surface area (Å²) in [4.78, 5) is 2.66. The van der Waals surface area contributed by atoms with E-state index in [0.717, 1.165) is 0 Å². The van der Waals surface area contributed by atoms with E-state index in [2.05, 4.69) is 39.5 Å². The topological polar surface area (TPSA) is 3.24 Å². The average Bonchev–Trinajstić information content (AvgIpc) is 2.68. The molecule has 27 heavy (non-hydrogen) atoms. The molecule has 0 heterocycles. The molecule has 1 nitrogen and oxygen atoms in total. The van der Waals surface area contributed by atoms with Gasteiger partial charge in [0.2, 0.25) is 0 Å². The Labute approximate surface area is 174 Å². The predicted octanol–water partition coefficient (Wildman–Crippen LogP) is 9.15. The van der Waals surface area contributed by atoms with E-state index in [4.69, 9.17) is 0 Å². The van der Waals surface area contributed by atoms with Crippen LogP contribution in [0.15, 0.2) is 0 Å². The first-order chi connectivity index (χ1) is 13.1. The van der Waals surface area contributed by atoms with Gasteiger partial charge in [-0.1, -0.05) is 130 Å². The smallest absolute Gasteiger partial charge is 0.0178 e. The predicted molar refractivity (Wildman–Crippen MR) is 126 cm³/mol. The van der Waals surface area contributed by atoms with E-state index in [1.54, 1.807) is 0 Å². The van der Waals surface area contributed by atoms with Crippen LogP contribution in [0, 0.1) is 0 Å². The Hall–Kier alpha value is -0.0400. The van der Waals surface area contributed by atoms with Crippen LogP contribution in [0.4, 0.5) is 0 Å². The standard InChI is InChI=1S/C26H55N/c1-6-10-11-12-13-14-15-16-17-18-19-20-21-22-23-24-25-26(5,7-2)27(8-3)9-4/h6-25H2,1-5H3. The molecule has 0 saturated heterocycles. The van der Waals surface area contributed by atoms with E-state index in [1.165, 1.54) is 129 Å². The van der Waals surface area contributed by atoms with Gasteiger partial charge < -0.3 is 0 Å². The van der Waals surface area contributed by atoms with E-state index < -0.39 is 0 Å². The van der Waals surface area contributed by atoms with Gasteiger partial charge in [-0.2, -0.15) is 0 Å². The number of rotatable bonds is 21. The minimum absolute atomic E-state index is 0.430. The molecule has 0 fully saturated rings. The Morgan fingerprint density at radius 2 is 0.815 bits per heavy atom. The Kier molecular flexibility index (Phi) is 19.3. The monoisotopic (exact) mass is 381 g/mol. The summed E-state index contributed by atoms with van der Waals surface area (Å²) in [5.74, 6) is 0. The second kappa shape index (κ2) is 19.3. The molecule has 0 aliphatic heterocycles. The second-order valence-corrected chi connectivity index (χ2v) is 9.08. The number of hydrogen-bond acceptors (Lipinski definition) is 1. The van der Waals surface area contributed by atoms with Crippen LogP contribution < -0.4 is 0 Å². The van der Waals surface area contributed by atoms with Crippen LogP contribution in [-0.2, 0) is 0 Å². The fraction of sp³-hybridized carbons (Fsp3) is 1.00. The van der Waals surface area contributed by atoms with Crippen molar-refractivity contribution >= 4 is 0 Å². The molecular weight excluding hydrogens is 326 g/mol. The maximum Gasteiger partial charge on any atom is 0.0178 e. The SMILES string of the molecule is CCCCCCCCCCCCCCCCCCC(C)(CC)N(CC)CC. The van der Waals surface area contributed by atoms with E-state index in [0.29, 0.717) is 5.54 Å². The summed E-state index contributed by atoms with van der Waals surface area (Å²) in [7, 11) is 0. The Morgan fingerprint density at radius 3 is 1.11 bits per heavy atom. The van der Waals surface area contributed by atoms with E-state index in [-0.39, 0.29) is 0 Å². The Bertz CT molecular complexity index is 284. The lowest BCUT2D eigenvalue weighted by molar-refractivity contribution is 0.0994. The van der Waals surface area contributed by atoms with Crippen molar-refractivity contribution in [3.63, 3.8) is 0 Å². The maximum atomic E-state index is 2.66. The van der Waals surface area contributed by atoms with Crippen LogP contribution in [0.1, 0.15) is 150 Å². The van der Waals surface area contributed by atoms with Crippen LogP contribution in [0.5, 0.6) is 0 Å². The molecule has 1 atom stereocenters. The highest BCUT2D eigenvalue weighted by Crippen LogP contribution is 2.26. The van der Waals surface area contributed by atoms with Gasteiger partial charge in [-0.3, -0.25) is 4.90 Å². The van der Waals surface area contributed by atoms with Crippen LogP contribution in [0.3, 0.4) is 0 Å². The molecule has 0 aromatic carbocycles. The van der Waals surface area contributed by atoms with Gasteiger partial charge >= 0.3 is 0 Å².